The molecule has 7 heteroatoms. The predicted octanol–water partition coefficient (Wildman–Crippen LogP) is 5.80. The van der Waals surface area contributed by atoms with E-state index in [0.717, 1.165) is 36.1 Å². The second-order valence-corrected chi connectivity index (χ2v) is 11.0. The van der Waals surface area contributed by atoms with Crippen molar-refractivity contribution in [3.05, 3.63) is 47.0 Å². The fraction of sp³-hybridized carbons (Fsp3) is 0.567. The molecule has 0 bridgehead atoms. The smallest absolute Gasteiger partial charge is 1.00 e. The summed E-state index contributed by atoms with van der Waals surface area (Å²) in [7, 11) is 1.42. The van der Waals surface area contributed by atoms with Crippen LogP contribution in [-0.2, 0) is 0 Å². The van der Waals surface area contributed by atoms with E-state index in [1.54, 1.807) is 25.3 Å². The van der Waals surface area contributed by atoms with E-state index in [9.17, 15) is 4.79 Å². The maximum Gasteiger partial charge on any atom is 1.00 e. The molecule has 0 aliphatic carbocycles. The van der Waals surface area contributed by atoms with Crippen LogP contribution in [0.5, 0.6) is 17.2 Å². The SMILES string of the molecule is CCCCC(CC)COc1ccc(PC(=O)c2c(Cl)cccc2OC)c(OCC(CC)CCCC)c1.[H-].[Li+]. The Balaban J connectivity index is 0.00000684. The molecule has 0 spiro atoms. The molecule has 202 valence electrons. The molecule has 0 aliphatic rings. The van der Waals surface area contributed by atoms with Gasteiger partial charge in [-0.25, -0.2) is 0 Å². The van der Waals surface area contributed by atoms with Gasteiger partial charge < -0.3 is 15.6 Å². The second-order valence-electron chi connectivity index (χ2n) is 9.38. The summed E-state index contributed by atoms with van der Waals surface area (Å²) < 4.78 is 18.0. The molecular weight excluding hydrogens is 498 g/mol. The Morgan fingerprint density at radius 3 is 2.11 bits per heavy atom. The van der Waals surface area contributed by atoms with Crippen LogP contribution >= 0.6 is 20.2 Å². The van der Waals surface area contributed by atoms with Crippen molar-refractivity contribution in [2.45, 2.75) is 79.1 Å². The summed E-state index contributed by atoms with van der Waals surface area (Å²) in [6.07, 6.45) is 9.29. The van der Waals surface area contributed by atoms with E-state index >= 15 is 0 Å². The van der Waals surface area contributed by atoms with Gasteiger partial charge in [0.1, 0.15) is 17.2 Å². The van der Waals surface area contributed by atoms with Crippen LogP contribution in [0.4, 0.5) is 0 Å². The molecule has 0 heterocycles. The van der Waals surface area contributed by atoms with E-state index in [1.807, 2.05) is 18.2 Å². The van der Waals surface area contributed by atoms with Crippen LogP contribution in [0, 0.1) is 11.8 Å². The van der Waals surface area contributed by atoms with Gasteiger partial charge in [-0.2, -0.15) is 0 Å². The maximum absolute atomic E-state index is 13.3. The third-order valence-electron chi connectivity index (χ3n) is 6.67. The number of carbonyl (C=O) groups excluding carboxylic acids is 1. The van der Waals surface area contributed by atoms with E-state index in [2.05, 4.69) is 27.7 Å². The summed E-state index contributed by atoms with van der Waals surface area (Å²) >= 11 is 6.38. The number of halogens is 1. The predicted molar refractivity (Wildman–Crippen MR) is 155 cm³/mol. The fourth-order valence-electron chi connectivity index (χ4n) is 4.11. The average molecular weight is 543 g/mol. The first-order chi connectivity index (χ1) is 17.5. The minimum absolute atomic E-state index is 0. The quantitative estimate of drug-likeness (QED) is 0.176. The molecule has 0 aromatic heterocycles. The van der Waals surface area contributed by atoms with Crippen LogP contribution in [0.2, 0.25) is 5.02 Å². The Morgan fingerprint density at radius 2 is 1.54 bits per heavy atom. The molecule has 0 fully saturated rings. The van der Waals surface area contributed by atoms with E-state index < -0.39 is 0 Å². The number of carbonyl (C=O) groups is 1. The van der Waals surface area contributed by atoms with Gasteiger partial charge in [-0.15, -0.1) is 0 Å². The normalized spacial score (nSPS) is 12.7. The molecule has 0 aliphatic heterocycles. The van der Waals surface area contributed by atoms with Crippen molar-refractivity contribution in [3.8, 4) is 17.2 Å². The van der Waals surface area contributed by atoms with Gasteiger partial charge >= 0.3 is 18.9 Å². The summed E-state index contributed by atoms with van der Waals surface area (Å²) in [5.74, 6) is 3.04. The van der Waals surface area contributed by atoms with Crippen molar-refractivity contribution in [3.63, 3.8) is 0 Å². The molecule has 4 nitrogen and oxygen atoms in total. The van der Waals surface area contributed by atoms with Crippen molar-refractivity contribution in [1.82, 2.24) is 0 Å². The van der Waals surface area contributed by atoms with Crippen molar-refractivity contribution in [2.75, 3.05) is 20.3 Å². The van der Waals surface area contributed by atoms with E-state index in [1.165, 1.54) is 32.1 Å². The van der Waals surface area contributed by atoms with E-state index in [4.69, 9.17) is 25.8 Å². The molecule has 3 atom stereocenters. The monoisotopic (exact) mass is 542 g/mol. The van der Waals surface area contributed by atoms with Gasteiger partial charge in [0.05, 0.1) is 30.9 Å². The molecule has 0 N–H and O–H groups in total. The molecule has 2 rings (SSSR count). The zero-order chi connectivity index (χ0) is 26.3. The van der Waals surface area contributed by atoms with Crippen molar-refractivity contribution in [1.29, 1.82) is 0 Å². The van der Waals surface area contributed by atoms with Gasteiger partial charge in [0.2, 0.25) is 0 Å². The number of rotatable bonds is 18. The van der Waals surface area contributed by atoms with Crippen molar-refractivity contribution < 1.29 is 39.3 Å². The zero-order valence-corrected chi connectivity index (χ0v) is 25.5. The number of unbranched alkanes of at least 4 members (excludes halogenated alkanes) is 2. The number of methoxy groups -OCH3 is 1. The standard InChI is InChI=1S/C30H44ClO4P.Li.H/c1-6-10-13-22(8-3)20-34-24-17-18-28(27(19-24)35-21-23(9-4)14-11-7-2)36-30(32)29-25(31)15-12-16-26(29)33-5;;/h12,15-19,22-23,36H,6-11,13-14,20-21H2,1-5H3;;/q;+1;-1. The summed E-state index contributed by atoms with van der Waals surface area (Å²) in [4.78, 5) is 13.3. The molecule has 0 radical (unpaired) electrons. The zero-order valence-electron chi connectivity index (χ0n) is 24.7. The summed E-state index contributed by atoms with van der Waals surface area (Å²) in [6, 6.07) is 11.1. The third-order valence-corrected chi connectivity index (χ3v) is 8.14. The minimum atomic E-state index is -0.135. The van der Waals surface area contributed by atoms with Crippen LogP contribution in [0.15, 0.2) is 36.4 Å². The Kier molecular flexibility index (Phi) is 17.4. The van der Waals surface area contributed by atoms with Crippen molar-refractivity contribution in [2.24, 2.45) is 11.8 Å². The molecule has 37 heavy (non-hydrogen) atoms. The first-order valence-corrected chi connectivity index (χ1v) is 14.9. The Morgan fingerprint density at radius 1 is 0.919 bits per heavy atom. The average Bonchev–Trinajstić information content (AvgIpc) is 2.89. The van der Waals surface area contributed by atoms with Gasteiger partial charge in [0.25, 0.3) is 0 Å². The molecule has 3 unspecified atom stereocenters. The molecular formula is C30H45ClLiO4P. The number of hydrogen-bond donors (Lipinski definition) is 0. The van der Waals surface area contributed by atoms with Gasteiger partial charge in [0.15, 0.2) is 5.52 Å². The third kappa shape index (κ3) is 11.2. The van der Waals surface area contributed by atoms with Gasteiger partial charge in [-0.05, 0) is 57.5 Å². The second kappa shape index (κ2) is 19.0. The number of ether oxygens (including phenoxy) is 3. The first kappa shape index (κ1) is 33.9. The Hall–Kier alpha value is -1.17. The van der Waals surface area contributed by atoms with Crippen LogP contribution in [0.25, 0.3) is 0 Å². The van der Waals surface area contributed by atoms with Gasteiger partial charge in [-0.3, -0.25) is 4.79 Å². The Bertz CT molecular complexity index is 946. The maximum atomic E-state index is 13.3. The topological polar surface area (TPSA) is 44.8 Å². The molecule has 2 aromatic carbocycles. The Labute approximate surface area is 245 Å². The number of hydrogen-bond acceptors (Lipinski definition) is 4. The van der Waals surface area contributed by atoms with Gasteiger partial charge in [-0.1, -0.05) is 83.9 Å². The number of benzene rings is 2. The van der Waals surface area contributed by atoms with Crippen LogP contribution in [0.1, 0.15) is 90.8 Å². The van der Waals surface area contributed by atoms with E-state index in [0.29, 0.717) is 41.4 Å². The molecule has 0 amide bonds. The van der Waals surface area contributed by atoms with Gasteiger partial charge in [0, 0.05) is 11.4 Å². The van der Waals surface area contributed by atoms with E-state index in [-0.39, 0.29) is 34.4 Å². The minimum Gasteiger partial charge on any atom is -1.00 e. The van der Waals surface area contributed by atoms with Crippen LogP contribution < -0.4 is 38.4 Å². The summed E-state index contributed by atoms with van der Waals surface area (Å²) in [5, 5.41) is 1.26. The first-order valence-electron chi connectivity index (χ1n) is 13.5. The van der Waals surface area contributed by atoms with Crippen LogP contribution in [-0.4, -0.2) is 25.8 Å². The van der Waals surface area contributed by atoms with Crippen LogP contribution in [0.3, 0.4) is 0 Å². The summed E-state index contributed by atoms with van der Waals surface area (Å²) in [6.45, 7) is 10.2. The molecule has 2 aromatic rings. The largest absolute Gasteiger partial charge is 1.00 e. The fourth-order valence-corrected chi connectivity index (χ4v) is 5.51. The molecule has 0 saturated heterocycles. The molecule has 0 saturated carbocycles. The summed E-state index contributed by atoms with van der Waals surface area (Å²) in [5.41, 5.74) is 0.349. The van der Waals surface area contributed by atoms with Crippen molar-refractivity contribution >= 4 is 31.0 Å².